The smallest absolute Gasteiger partial charge is 0.372 e. The van der Waals surface area contributed by atoms with E-state index in [-0.39, 0.29) is 0 Å². The van der Waals surface area contributed by atoms with Gasteiger partial charge in [-0.3, -0.25) is 0 Å². The molecule has 1 heterocycles. The summed E-state index contributed by atoms with van der Waals surface area (Å²) in [6.45, 7) is 0. The van der Waals surface area contributed by atoms with Crippen molar-refractivity contribution in [1.82, 2.24) is 0 Å². The van der Waals surface area contributed by atoms with E-state index in [1.54, 1.807) is 24.3 Å². The number of benzene rings is 1. The number of rotatable bonds is 0. The quantitative estimate of drug-likeness (QED) is 0.557. The van der Waals surface area contributed by atoms with Crippen LogP contribution in [-0.2, 0) is 0 Å². The van der Waals surface area contributed by atoms with Gasteiger partial charge in [0.15, 0.2) is 0 Å². The van der Waals surface area contributed by atoms with Crippen LogP contribution in [0.1, 0.15) is 0 Å². The van der Waals surface area contributed by atoms with Crippen LogP contribution in [0.5, 0.6) is 0 Å². The summed E-state index contributed by atoms with van der Waals surface area (Å²) in [5.74, 6) is -0.853. The van der Waals surface area contributed by atoms with Gasteiger partial charge in [-0.15, -0.1) is 0 Å². The van der Waals surface area contributed by atoms with Gasteiger partial charge in [-0.1, -0.05) is 18.2 Å². The van der Waals surface area contributed by atoms with Gasteiger partial charge in [0.25, 0.3) is 0 Å². The van der Waals surface area contributed by atoms with Crippen LogP contribution >= 0.6 is 0 Å². The van der Waals surface area contributed by atoms with Crippen LogP contribution in [0.3, 0.4) is 0 Å². The van der Waals surface area contributed by atoms with Gasteiger partial charge in [0.2, 0.25) is 5.82 Å². The van der Waals surface area contributed by atoms with Gasteiger partial charge >= 0.3 is 5.63 Å². The SMILES string of the molecule is O=c1oc2ccccc2cc1F. The standard InChI is InChI=1S/C9H5FO2/c10-7-5-6-3-1-2-4-8(6)12-9(7)11/h1-5H. The summed E-state index contributed by atoms with van der Waals surface area (Å²) in [7, 11) is 0. The van der Waals surface area contributed by atoms with E-state index in [2.05, 4.69) is 4.42 Å². The monoisotopic (exact) mass is 164 g/mol. The molecule has 0 unspecified atom stereocenters. The highest BCUT2D eigenvalue weighted by molar-refractivity contribution is 5.75. The molecule has 1 aromatic carbocycles. The molecule has 3 heteroatoms. The predicted octanol–water partition coefficient (Wildman–Crippen LogP) is 1.93. The Morgan fingerprint density at radius 3 is 2.83 bits per heavy atom. The lowest BCUT2D eigenvalue weighted by atomic mass is 10.2. The molecule has 0 aliphatic rings. The fourth-order valence-corrected chi connectivity index (χ4v) is 1.04. The van der Waals surface area contributed by atoms with Gasteiger partial charge in [0.1, 0.15) is 5.58 Å². The first kappa shape index (κ1) is 7.03. The molecule has 2 nitrogen and oxygen atoms in total. The van der Waals surface area contributed by atoms with Crippen molar-refractivity contribution in [3.05, 3.63) is 46.6 Å². The molecule has 12 heavy (non-hydrogen) atoms. The number of para-hydroxylation sites is 1. The first-order valence-electron chi connectivity index (χ1n) is 3.46. The predicted molar refractivity (Wildman–Crippen MR) is 42.4 cm³/mol. The average Bonchev–Trinajstić information content (AvgIpc) is 2.07. The summed E-state index contributed by atoms with van der Waals surface area (Å²) < 4.78 is 17.3. The van der Waals surface area contributed by atoms with Crippen molar-refractivity contribution in [2.24, 2.45) is 0 Å². The molecule has 0 bridgehead atoms. The summed E-state index contributed by atoms with van der Waals surface area (Å²) >= 11 is 0. The van der Waals surface area contributed by atoms with Crippen molar-refractivity contribution in [1.29, 1.82) is 0 Å². The Morgan fingerprint density at radius 1 is 1.25 bits per heavy atom. The topological polar surface area (TPSA) is 30.2 Å². The highest BCUT2D eigenvalue weighted by Gasteiger charge is 2.01. The number of hydrogen-bond donors (Lipinski definition) is 0. The van der Waals surface area contributed by atoms with Crippen LogP contribution in [0.2, 0.25) is 0 Å². The van der Waals surface area contributed by atoms with Crippen molar-refractivity contribution >= 4 is 11.0 Å². The van der Waals surface area contributed by atoms with Crippen molar-refractivity contribution in [2.45, 2.75) is 0 Å². The number of halogens is 1. The zero-order valence-electron chi connectivity index (χ0n) is 6.08. The molecule has 0 fully saturated rings. The van der Waals surface area contributed by atoms with E-state index in [4.69, 9.17) is 0 Å². The molecule has 2 rings (SSSR count). The highest BCUT2D eigenvalue weighted by atomic mass is 19.1. The van der Waals surface area contributed by atoms with Crippen LogP contribution in [0.25, 0.3) is 11.0 Å². The molecule has 0 N–H and O–H groups in total. The maximum absolute atomic E-state index is 12.6. The van der Waals surface area contributed by atoms with Gasteiger partial charge in [-0.2, -0.15) is 4.39 Å². The molecule has 0 saturated heterocycles. The molecule has 60 valence electrons. The summed E-state index contributed by atoms with van der Waals surface area (Å²) in [6.07, 6.45) is 0. The third-order valence-electron chi connectivity index (χ3n) is 1.60. The lowest BCUT2D eigenvalue weighted by Gasteiger charge is -1.93. The van der Waals surface area contributed by atoms with E-state index >= 15 is 0 Å². The van der Waals surface area contributed by atoms with Crippen LogP contribution < -0.4 is 5.63 Å². The van der Waals surface area contributed by atoms with Crippen molar-refractivity contribution in [3.63, 3.8) is 0 Å². The minimum Gasteiger partial charge on any atom is -0.421 e. The maximum atomic E-state index is 12.6. The molecular formula is C9H5FO2. The number of fused-ring (bicyclic) bond motifs is 1. The number of hydrogen-bond acceptors (Lipinski definition) is 2. The van der Waals surface area contributed by atoms with Crippen molar-refractivity contribution in [3.8, 4) is 0 Å². The zero-order chi connectivity index (χ0) is 8.55. The minimum absolute atomic E-state index is 0.406. The second-order valence-corrected chi connectivity index (χ2v) is 2.42. The molecule has 2 aromatic rings. The summed E-state index contributed by atoms with van der Waals surface area (Å²) in [6, 6.07) is 7.95. The van der Waals surface area contributed by atoms with E-state index < -0.39 is 11.4 Å². The average molecular weight is 164 g/mol. The highest BCUT2D eigenvalue weighted by Crippen LogP contribution is 2.11. The third kappa shape index (κ3) is 0.993. The summed E-state index contributed by atoms with van der Waals surface area (Å²) in [5.41, 5.74) is -0.516. The van der Waals surface area contributed by atoms with E-state index in [1.807, 2.05) is 0 Å². The zero-order valence-corrected chi connectivity index (χ0v) is 6.08. The molecule has 0 amide bonds. The fraction of sp³-hybridized carbons (Fsp3) is 0. The molecular weight excluding hydrogens is 159 g/mol. The van der Waals surface area contributed by atoms with Crippen molar-refractivity contribution in [2.75, 3.05) is 0 Å². The lowest BCUT2D eigenvalue weighted by Crippen LogP contribution is -2.02. The Balaban J connectivity index is 2.93. The van der Waals surface area contributed by atoms with E-state index in [0.717, 1.165) is 0 Å². The lowest BCUT2D eigenvalue weighted by molar-refractivity contribution is 0.487. The second-order valence-electron chi connectivity index (χ2n) is 2.42. The van der Waals surface area contributed by atoms with E-state index in [0.29, 0.717) is 11.0 Å². The van der Waals surface area contributed by atoms with Gasteiger partial charge in [-0.25, -0.2) is 4.79 Å². The first-order chi connectivity index (χ1) is 5.77. The van der Waals surface area contributed by atoms with E-state index in [9.17, 15) is 9.18 Å². The molecule has 0 atom stereocenters. The Kier molecular flexibility index (Phi) is 1.43. The van der Waals surface area contributed by atoms with Gasteiger partial charge < -0.3 is 4.42 Å². The Hall–Kier alpha value is -1.64. The third-order valence-corrected chi connectivity index (χ3v) is 1.60. The fourth-order valence-electron chi connectivity index (χ4n) is 1.04. The molecule has 0 saturated carbocycles. The first-order valence-corrected chi connectivity index (χ1v) is 3.46. The second kappa shape index (κ2) is 2.44. The van der Waals surface area contributed by atoms with Crippen LogP contribution in [0.4, 0.5) is 4.39 Å². The van der Waals surface area contributed by atoms with Crippen LogP contribution in [0.15, 0.2) is 39.5 Å². The summed E-state index contributed by atoms with van der Waals surface area (Å²) in [4.78, 5) is 10.7. The van der Waals surface area contributed by atoms with Gasteiger partial charge in [0, 0.05) is 5.39 Å². The molecule has 0 aliphatic carbocycles. The maximum Gasteiger partial charge on any atom is 0.372 e. The van der Waals surface area contributed by atoms with Crippen LogP contribution in [-0.4, -0.2) is 0 Å². The summed E-state index contributed by atoms with van der Waals surface area (Å²) in [5, 5.41) is 0.592. The normalized spacial score (nSPS) is 10.4. The van der Waals surface area contributed by atoms with Gasteiger partial charge in [-0.05, 0) is 12.1 Å². The van der Waals surface area contributed by atoms with Crippen molar-refractivity contribution < 1.29 is 8.81 Å². The van der Waals surface area contributed by atoms with Crippen LogP contribution in [0, 0.1) is 5.82 Å². The molecule has 0 aliphatic heterocycles. The molecule has 1 aromatic heterocycles. The Labute approximate surface area is 67.2 Å². The minimum atomic E-state index is -0.922. The molecule has 0 spiro atoms. The van der Waals surface area contributed by atoms with E-state index in [1.165, 1.54) is 6.07 Å². The Morgan fingerprint density at radius 2 is 2.00 bits per heavy atom. The largest absolute Gasteiger partial charge is 0.421 e. The molecule has 0 radical (unpaired) electrons. The van der Waals surface area contributed by atoms with Gasteiger partial charge in [0.05, 0.1) is 0 Å². The Bertz CT molecular complexity index is 473.